The Labute approximate surface area is 98.5 Å². The summed E-state index contributed by atoms with van der Waals surface area (Å²) in [6.45, 7) is 5.52. The van der Waals surface area contributed by atoms with Gasteiger partial charge in [-0.3, -0.25) is 4.99 Å². The normalized spacial score (nSPS) is 20.4. The van der Waals surface area contributed by atoms with Crippen molar-refractivity contribution in [1.82, 2.24) is 5.32 Å². The third-order valence-electron chi connectivity index (χ3n) is 3.31. The van der Waals surface area contributed by atoms with E-state index in [4.69, 9.17) is 0 Å². The number of hydrogen-bond acceptors (Lipinski definition) is 2. The molecule has 0 aromatic rings. The van der Waals surface area contributed by atoms with E-state index >= 15 is 0 Å². The molecule has 0 radical (unpaired) electrons. The largest absolute Gasteiger partial charge is 0.344 e. The van der Waals surface area contributed by atoms with Gasteiger partial charge in [0.1, 0.15) is 5.84 Å². The summed E-state index contributed by atoms with van der Waals surface area (Å²) in [5.74, 6) is 1.83. The Kier molecular flexibility index (Phi) is 3.81. The molecule has 2 heteroatoms. The van der Waals surface area contributed by atoms with Crippen LogP contribution in [-0.4, -0.2) is 12.4 Å². The summed E-state index contributed by atoms with van der Waals surface area (Å²) < 4.78 is 0. The monoisotopic (exact) mass is 218 g/mol. The molecule has 1 fully saturated rings. The van der Waals surface area contributed by atoms with Crippen LogP contribution in [0.1, 0.15) is 46.0 Å². The maximum atomic E-state index is 4.50. The van der Waals surface area contributed by atoms with Crippen LogP contribution in [0.5, 0.6) is 0 Å². The van der Waals surface area contributed by atoms with Gasteiger partial charge in [0.25, 0.3) is 0 Å². The average Bonchev–Trinajstić information content (AvgIpc) is 3.13. The highest BCUT2D eigenvalue weighted by Crippen LogP contribution is 2.33. The van der Waals surface area contributed by atoms with Crippen molar-refractivity contribution in [3.63, 3.8) is 0 Å². The third-order valence-corrected chi connectivity index (χ3v) is 3.31. The Hall–Kier alpha value is -1.05. The highest BCUT2D eigenvalue weighted by atomic mass is 15.0. The van der Waals surface area contributed by atoms with E-state index in [2.05, 4.69) is 36.3 Å². The first-order valence-corrected chi connectivity index (χ1v) is 6.48. The Morgan fingerprint density at radius 3 is 2.88 bits per heavy atom. The molecule has 0 amide bonds. The number of aliphatic imine (C=N–C) groups is 1. The molecule has 88 valence electrons. The van der Waals surface area contributed by atoms with Gasteiger partial charge in [-0.25, -0.2) is 0 Å². The maximum Gasteiger partial charge on any atom is 0.124 e. The van der Waals surface area contributed by atoms with Crippen LogP contribution in [0.15, 0.2) is 28.4 Å². The van der Waals surface area contributed by atoms with E-state index in [-0.39, 0.29) is 0 Å². The summed E-state index contributed by atoms with van der Waals surface area (Å²) in [7, 11) is 0. The molecule has 2 nitrogen and oxygen atoms in total. The molecule has 2 aliphatic rings. The van der Waals surface area contributed by atoms with Gasteiger partial charge < -0.3 is 5.32 Å². The van der Waals surface area contributed by atoms with Crippen LogP contribution in [0.4, 0.5) is 0 Å². The van der Waals surface area contributed by atoms with E-state index in [0.717, 1.165) is 24.7 Å². The molecule has 16 heavy (non-hydrogen) atoms. The summed E-state index contributed by atoms with van der Waals surface area (Å²) in [6.07, 6.45) is 10.4. The molecule has 0 spiro atoms. The van der Waals surface area contributed by atoms with Gasteiger partial charge in [-0.05, 0) is 37.7 Å². The van der Waals surface area contributed by atoms with Crippen LogP contribution in [0, 0.1) is 5.92 Å². The lowest BCUT2D eigenvalue weighted by Gasteiger charge is -2.16. The Morgan fingerprint density at radius 1 is 1.50 bits per heavy atom. The molecule has 1 saturated carbocycles. The van der Waals surface area contributed by atoms with E-state index in [1.165, 1.54) is 31.4 Å². The minimum Gasteiger partial charge on any atom is -0.344 e. The molecule has 0 bridgehead atoms. The van der Waals surface area contributed by atoms with Crippen molar-refractivity contribution in [2.75, 3.05) is 6.54 Å². The Morgan fingerprint density at radius 2 is 2.31 bits per heavy atom. The number of nitrogens with one attached hydrogen (secondary N) is 1. The van der Waals surface area contributed by atoms with E-state index in [9.17, 15) is 0 Å². The standard InChI is InChI=1S/C14H22N2/c1-3-11(2)10-13(12-7-8-12)16-14-6-4-5-9-15-14/h4,6,11H,3,5,7-10H2,1-2H3,(H,15,16). The molecule has 0 aromatic carbocycles. The average molecular weight is 218 g/mol. The predicted molar refractivity (Wildman–Crippen MR) is 69.5 cm³/mol. The fourth-order valence-electron chi connectivity index (χ4n) is 1.88. The molecule has 1 atom stereocenters. The minimum absolute atomic E-state index is 0.767. The molecule has 1 N–H and O–H groups in total. The topological polar surface area (TPSA) is 24.4 Å². The smallest absolute Gasteiger partial charge is 0.124 e. The number of dihydropyridines is 1. The molecule has 0 aromatic heterocycles. The fourth-order valence-corrected chi connectivity index (χ4v) is 1.88. The van der Waals surface area contributed by atoms with Gasteiger partial charge in [0.15, 0.2) is 0 Å². The van der Waals surface area contributed by atoms with Gasteiger partial charge in [-0.15, -0.1) is 0 Å². The number of allylic oxidation sites excluding steroid dienone is 2. The zero-order chi connectivity index (χ0) is 11.4. The van der Waals surface area contributed by atoms with Crippen LogP contribution in [0.2, 0.25) is 0 Å². The van der Waals surface area contributed by atoms with Crippen molar-refractivity contribution in [3.05, 3.63) is 23.4 Å². The molecule has 1 unspecified atom stereocenters. The van der Waals surface area contributed by atoms with Gasteiger partial charge in [0, 0.05) is 12.2 Å². The molecule has 1 heterocycles. The highest BCUT2D eigenvalue weighted by molar-refractivity contribution is 5.94. The van der Waals surface area contributed by atoms with Gasteiger partial charge in [-0.1, -0.05) is 31.9 Å². The summed E-state index contributed by atoms with van der Waals surface area (Å²) in [4.78, 5) is 4.50. The number of nitrogens with zero attached hydrogens (tertiary/aromatic N) is 1. The molecule has 2 rings (SSSR count). The zero-order valence-electron chi connectivity index (χ0n) is 10.4. The second kappa shape index (κ2) is 5.33. The number of rotatable bonds is 4. The first-order valence-electron chi connectivity index (χ1n) is 6.48. The maximum absolute atomic E-state index is 4.50. The second-order valence-corrected chi connectivity index (χ2v) is 4.88. The van der Waals surface area contributed by atoms with Crippen molar-refractivity contribution < 1.29 is 0 Å². The van der Waals surface area contributed by atoms with E-state index in [1.807, 2.05) is 0 Å². The lowest BCUT2D eigenvalue weighted by atomic mass is 10.0. The van der Waals surface area contributed by atoms with E-state index in [1.54, 1.807) is 5.57 Å². The Bertz CT molecular complexity index is 331. The molecule has 0 saturated heterocycles. The Balaban J connectivity index is 1.96. The van der Waals surface area contributed by atoms with Gasteiger partial charge >= 0.3 is 0 Å². The molecule has 1 aliphatic heterocycles. The van der Waals surface area contributed by atoms with Gasteiger partial charge in [-0.2, -0.15) is 0 Å². The first kappa shape index (κ1) is 11.4. The van der Waals surface area contributed by atoms with Crippen molar-refractivity contribution in [2.24, 2.45) is 10.9 Å². The highest BCUT2D eigenvalue weighted by Gasteiger charge is 2.19. The zero-order valence-corrected chi connectivity index (χ0v) is 10.4. The minimum atomic E-state index is 0.767. The van der Waals surface area contributed by atoms with Gasteiger partial charge in [0.2, 0.25) is 0 Å². The molecular weight excluding hydrogens is 196 g/mol. The van der Waals surface area contributed by atoms with Crippen LogP contribution < -0.4 is 5.32 Å². The molecule has 1 aliphatic carbocycles. The van der Waals surface area contributed by atoms with Gasteiger partial charge in [0.05, 0.1) is 0 Å². The number of hydrogen-bond donors (Lipinski definition) is 1. The van der Waals surface area contributed by atoms with Crippen molar-refractivity contribution in [1.29, 1.82) is 0 Å². The van der Waals surface area contributed by atoms with Crippen molar-refractivity contribution >= 4 is 5.84 Å². The summed E-state index contributed by atoms with van der Waals surface area (Å²) in [6, 6.07) is 0. The van der Waals surface area contributed by atoms with Crippen LogP contribution in [-0.2, 0) is 0 Å². The van der Waals surface area contributed by atoms with Crippen LogP contribution >= 0.6 is 0 Å². The quantitative estimate of drug-likeness (QED) is 0.768. The lowest BCUT2D eigenvalue weighted by Crippen LogP contribution is -2.24. The lowest BCUT2D eigenvalue weighted by molar-refractivity contribution is 0.547. The van der Waals surface area contributed by atoms with Crippen molar-refractivity contribution in [3.8, 4) is 0 Å². The predicted octanol–water partition coefficient (Wildman–Crippen LogP) is 3.42. The number of amidine groups is 1. The van der Waals surface area contributed by atoms with Crippen LogP contribution in [0.3, 0.4) is 0 Å². The SMILES string of the molecule is CCC(C)CC(NC1=NCCC=C1)=C1CC1. The summed E-state index contributed by atoms with van der Waals surface area (Å²) in [5.41, 5.74) is 3.06. The fraction of sp³-hybridized carbons (Fsp3) is 0.643. The van der Waals surface area contributed by atoms with Crippen molar-refractivity contribution in [2.45, 2.75) is 46.0 Å². The molecular formula is C14H22N2. The van der Waals surface area contributed by atoms with E-state index < -0.39 is 0 Å². The first-order chi connectivity index (χ1) is 7.79. The summed E-state index contributed by atoms with van der Waals surface area (Å²) >= 11 is 0. The third kappa shape index (κ3) is 3.22. The second-order valence-electron chi connectivity index (χ2n) is 4.88. The van der Waals surface area contributed by atoms with E-state index in [0.29, 0.717) is 0 Å². The van der Waals surface area contributed by atoms with Crippen LogP contribution in [0.25, 0.3) is 0 Å². The summed E-state index contributed by atoms with van der Waals surface area (Å²) in [5, 5.41) is 3.53.